The third-order valence-corrected chi connectivity index (χ3v) is 3.93. The summed E-state index contributed by atoms with van der Waals surface area (Å²) in [4.78, 5) is 0. The van der Waals surface area contributed by atoms with Gasteiger partial charge in [-0.05, 0) is 24.8 Å². The summed E-state index contributed by atoms with van der Waals surface area (Å²) in [5.74, 6) is 1.09. The first-order valence-electron chi connectivity index (χ1n) is 6.96. The van der Waals surface area contributed by atoms with Crippen molar-refractivity contribution in [3.63, 3.8) is 0 Å². The van der Waals surface area contributed by atoms with Crippen molar-refractivity contribution < 1.29 is 9.15 Å². The molecule has 5 heteroatoms. The first-order chi connectivity index (χ1) is 9.83. The average Bonchev–Trinajstić information content (AvgIpc) is 3.17. The van der Waals surface area contributed by atoms with Crippen LogP contribution in [0.3, 0.4) is 0 Å². The Kier molecular flexibility index (Phi) is 4.33. The van der Waals surface area contributed by atoms with Crippen LogP contribution in [-0.2, 0) is 11.2 Å². The molecule has 1 aromatic heterocycles. The second-order valence-corrected chi connectivity index (χ2v) is 5.42. The topological polar surface area (TPSA) is 48.2 Å². The van der Waals surface area contributed by atoms with Crippen LogP contribution in [0.25, 0.3) is 0 Å². The van der Waals surface area contributed by atoms with Gasteiger partial charge in [-0.15, -0.1) is 21.8 Å². The highest BCUT2D eigenvalue weighted by Gasteiger charge is 2.20. The van der Waals surface area contributed by atoms with Gasteiger partial charge >= 0.3 is 0 Å². The first kappa shape index (κ1) is 13.6. The number of alkyl halides is 1. The molecule has 0 bridgehead atoms. The van der Waals surface area contributed by atoms with Crippen LogP contribution < -0.4 is 0 Å². The van der Waals surface area contributed by atoms with Gasteiger partial charge in [-0.25, -0.2) is 0 Å². The van der Waals surface area contributed by atoms with Gasteiger partial charge in [-0.3, -0.25) is 0 Å². The van der Waals surface area contributed by atoms with Crippen LogP contribution >= 0.6 is 11.6 Å². The number of ether oxygens (including phenoxy) is 1. The predicted molar refractivity (Wildman–Crippen MR) is 75.7 cm³/mol. The lowest BCUT2D eigenvalue weighted by molar-refractivity contribution is 0.103. The highest BCUT2D eigenvalue weighted by molar-refractivity contribution is 6.22. The Labute approximate surface area is 123 Å². The van der Waals surface area contributed by atoms with Crippen LogP contribution in [0.2, 0.25) is 0 Å². The monoisotopic (exact) mass is 292 g/mol. The molecule has 2 unspecified atom stereocenters. The number of nitrogens with zero attached hydrogens (tertiary/aromatic N) is 2. The quantitative estimate of drug-likeness (QED) is 0.791. The number of halogens is 1. The largest absolute Gasteiger partial charge is 0.423 e. The molecule has 1 aliphatic rings. The van der Waals surface area contributed by atoms with E-state index in [1.54, 1.807) is 0 Å². The SMILES string of the molecule is ClC(c1ccccc1)c1nnc(CCC2CCCO2)o1. The van der Waals surface area contributed by atoms with Gasteiger partial charge in [0.25, 0.3) is 0 Å². The molecule has 2 atom stereocenters. The highest BCUT2D eigenvalue weighted by Crippen LogP contribution is 2.27. The predicted octanol–water partition coefficient (Wildman–Crippen LogP) is 3.51. The molecule has 2 aromatic rings. The summed E-state index contributed by atoms with van der Waals surface area (Å²) < 4.78 is 11.2. The molecule has 2 heterocycles. The zero-order valence-corrected chi connectivity index (χ0v) is 11.9. The Morgan fingerprint density at radius 3 is 2.85 bits per heavy atom. The average molecular weight is 293 g/mol. The van der Waals surface area contributed by atoms with Gasteiger partial charge < -0.3 is 9.15 Å². The van der Waals surface area contributed by atoms with Crippen LogP contribution in [0, 0.1) is 0 Å². The van der Waals surface area contributed by atoms with E-state index in [1.807, 2.05) is 30.3 Å². The molecule has 4 nitrogen and oxygen atoms in total. The number of aryl methyl sites for hydroxylation is 1. The molecule has 1 aliphatic heterocycles. The van der Waals surface area contributed by atoms with E-state index in [1.165, 1.54) is 0 Å². The second-order valence-electron chi connectivity index (χ2n) is 4.98. The normalized spacial score (nSPS) is 20.1. The second kappa shape index (κ2) is 6.37. The van der Waals surface area contributed by atoms with Gasteiger partial charge in [0, 0.05) is 13.0 Å². The molecular weight excluding hydrogens is 276 g/mol. The molecule has 0 amide bonds. The summed E-state index contributed by atoms with van der Waals surface area (Å²) >= 11 is 6.35. The molecule has 106 valence electrons. The van der Waals surface area contributed by atoms with Crippen LogP contribution in [-0.4, -0.2) is 22.9 Å². The molecule has 1 saturated heterocycles. The van der Waals surface area contributed by atoms with E-state index < -0.39 is 0 Å². The smallest absolute Gasteiger partial charge is 0.238 e. The van der Waals surface area contributed by atoms with Crippen molar-refractivity contribution in [3.05, 3.63) is 47.7 Å². The minimum Gasteiger partial charge on any atom is -0.423 e. The van der Waals surface area contributed by atoms with Crippen molar-refractivity contribution in [1.82, 2.24) is 10.2 Å². The number of hydrogen-bond donors (Lipinski definition) is 0. The lowest BCUT2D eigenvalue weighted by atomic mass is 10.1. The lowest BCUT2D eigenvalue weighted by Gasteiger charge is -2.06. The Hall–Kier alpha value is -1.39. The van der Waals surface area contributed by atoms with Crippen molar-refractivity contribution in [1.29, 1.82) is 0 Å². The van der Waals surface area contributed by atoms with Crippen LogP contribution in [0.5, 0.6) is 0 Å². The van der Waals surface area contributed by atoms with Crippen molar-refractivity contribution >= 4 is 11.6 Å². The highest BCUT2D eigenvalue weighted by atomic mass is 35.5. The molecule has 0 radical (unpaired) electrons. The summed E-state index contributed by atoms with van der Waals surface area (Å²) in [6.45, 7) is 0.873. The van der Waals surface area contributed by atoms with E-state index in [9.17, 15) is 0 Å². The summed E-state index contributed by atoms with van der Waals surface area (Å²) in [6.07, 6.45) is 4.29. The fourth-order valence-corrected chi connectivity index (χ4v) is 2.62. The number of benzene rings is 1. The zero-order valence-electron chi connectivity index (χ0n) is 11.2. The summed E-state index contributed by atoms with van der Waals surface area (Å²) in [6, 6.07) is 9.74. The van der Waals surface area contributed by atoms with E-state index in [2.05, 4.69) is 10.2 Å². The summed E-state index contributed by atoms with van der Waals surface area (Å²) in [7, 11) is 0. The molecule has 3 rings (SSSR count). The third-order valence-electron chi connectivity index (χ3n) is 3.50. The number of rotatable bonds is 5. The van der Waals surface area contributed by atoms with Crippen molar-refractivity contribution in [2.45, 2.75) is 37.2 Å². The van der Waals surface area contributed by atoms with E-state index in [0.29, 0.717) is 17.9 Å². The third kappa shape index (κ3) is 3.19. The first-order valence-corrected chi connectivity index (χ1v) is 7.39. The fourth-order valence-electron chi connectivity index (χ4n) is 2.39. The Balaban J connectivity index is 1.61. The molecule has 0 aliphatic carbocycles. The maximum Gasteiger partial charge on any atom is 0.238 e. The minimum atomic E-state index is -0.389. The zero-order chi connectivity index (χ0) is 13.8. The summed E-state index contributed by atoms with van der Waals surface area (Å²) in [5.41, 5.74) is 0.962. The van der Waals surface area contributed by atoms with Gasteiger partial charge in [0.05, 0.1) is 6.10 Å². The van der Waals surface area contributed by atoms with Gasteiger partial charge in [0.15, 0.2) is 0 Å². The Morgan fingerprint density at radius 2 is 2.10 bits per heavy atom. The van der Waals surface area contributed by atoms with E-state index in [4.69, 9.17) is 20.8 Å². The standard InChI is InChI=1S/C15H17ClN2O2/c16-14(11-5-2-1-3-6-11)15-18-17-13(20-15)9-8-12-7-4-10-19-12/h1-3,5-6,12,14H,4,7-10H2. The lowest BCUT2D eigenvalue weighted by Crippen LogP contribution is -2.06. The van der Waals surface area contributed by atoms with Crippen molar-refractivity contribution in [3.8, 4) is 0 Å². The van der Waals surface area contributed by atoms with Gasteiger partial charge in [-0.2, -0.15) is 0 Å². The van der Waals surface area contributed by atoms with Crippen LogP contribution in [0.4, 0.5) is 0 Å². The maximum atomic E-state index is 6.35. The van der Waals surface area contributed by atoms with Gasteiger partial charge in [0.2, 0.25) is 11.8 Å². The maximum absolute atomic E-state index is 6.35. The molecule has 1 aromatic carbocycles. The van der Waals surface area contributed by atoms with Crippen LogP contribution in [0.1, 0.15) is 42.0 Å². The summed E-state index contributed by atoms with van der Waals surface area (Å²) in [5, 5.41) is 7.73. The van der Waals surface area contributed by atoms with Crippen molar-refractivity contribution in [2.24, 2.45) is 0 Å². The fraction of sp³-hybridized carbons (Fsp3) is 0.467. The number of hydrogen-bond acceptors (Lipinski definition) is 4. The molecule has 0 spiro atoms. The Morgan fingerprint density at radius 1 is 1.25 bits per heavy atom. The molecule has 1 fully saturated rings. The molecular formula is C15H17ClN2O2. The minimum absolute atomic E-state index is 0.339. The van der Waals surface area contributed by atoms with E-state index in [-0.39, 0.29) is 5.38 Å². The van der Waals surface area contributed by atoms with E-state index >= 15 is 0 Å². The molecule has 20 heavy (non-hydrogen) atoms. The van der Waals surface area contributed by atoms with Gasteiger partial charge in [-0.1, -0.05) is 30.3 Å². The molecule has 0 N–H and O–H groups in total. The Bertz CT molecular complexity index is 538. The van der Waals surface area contributed by atoms with Crippen LogP contribution in [0.15, 0.2) is 34.7 Å². The van der Waals surface area contributed by atoms with Gasteiger partial charge in [0.1, 0.15) is 5.38 Å². The molecule has 0 saturated carbocycles. The van der Waals surface area contributed by atoms with Crippen molar-refractivity contribution in [2.75, 3.05) is 6.61 Å². The van der Waals surface area contributed by atoms with E-state index in [0.717, 1.165) is 37.9 Å². The number of aromatic nitrogens is 2.